The number of hydrogen-bond donors (Lipinski definition) is 1. The van der Waals surface area contributed by atoms with Gasteiger partial charge in [0, 0.05) is 10.9 Å². The van der Waals surface area contributed by atoms with E-state index in [1.807, 2.05) is 18.2 Å². The molecule has 0 spiro atoms. The van der Waals surface area contributed by atoms with Crippen LogP contribution >= 0.6 is 15.9 Å². The van der Waals surface area contributed by atoms with Crippen LogP contribution in [0.1, 0.15) is 25.8 Å². The first-order valence-corrected chi connectivity index (χ1v) is 6.41. The first-order chi connectivity index (χ1) is 7.99. The highest BCUT2D eigenvalue weighted by molar-refractivity contribution is 9.10. The molecule has 0 bridgehead atoms. The first-order valence-electron chi connectivity index (χ1n) is 5.62. The van der Waals surface area contributed by atoms with Gasteiger partial charge in [-0.1, -0.05) is 29.8 Å². The zero-order valence-electron chi connectivity index (χ0n) is 10.1. The lowest BCUT2D eigenvalue weighted by molar-refractivity contribution is -0.136. The van der Waals surface area contributed by atoms with Gasteiger partial charge in [0.25, 0.3) is 0 Å². The highest BCUT2D eigenvalue weighted by Gasteiger charge is 2.08. The smallest absolute Gasteiger partial charge is 0.303 e. The fourth-order valence-corrected chi connectivity index (χ4v) is 1.79. The third kappa shape index (κ3) is 5.22. The lowest BCUT2D eigenvalue weighted by Crippen LogP contribution is -2.07. The van der Waals surface area contributed by atoms with Gasteiger partial charge in [-0.3, -0.25) is 4.79 Å². The van der Waals surface area contributed by atoms with Gasteiger partial charge >= 0.3 is 5.97 Å². The van der Waals surface area contributed by atoms with Crippen LogP contribution in [0.5, 0.6) is 5.75 Å². The summed E-state index contributed by atoms with van der Waals surface area (Å²) in [6.45, 7) is 4.80. The number of hydrogen-bond acceptors (Lipinski definition) is 2. The van der Waals surface area contributed by atoms with Crippen LogP contribution in [-0.4, -0.2) is 17.7 Å². The molecule has 0 saturated carbocycles. The highest BCUT2D eigenvalue weighted by Crippen LogP contribution is 2.25. The largest absolute Gasteiger partial charge is 0.493 e. The second kappa shape index (κ2) is 6.64. The molecule has 0 aliphatic heterocycles. The van der Waals surface area contributed by atoms with Crippen LogP contribution in [0.15, 0.2) is 22.7 Å². The number of ether oxygens (including phenoxy) is 1. The van der Waals surface area contributed by atoms with Crippen LogP contribution in [-0.2, 0) is 11.2 Å². The SMILES string of the molecule is CC(C)COc1ccc(Br)cc1CCC(=O)O. The predicted molar refractivity (Wildman–Crippen MR) is 70.4 cm³/mol. The van der Waals surface area contributed by atoms with Crippen molar-refractivity contribution in [3.63, 3.8) is 0 Å². The van der Waals surface area contributed by atoms with Crippen LogP contribution in [0.3, 0.4) is 0 Å². The van der Waals surface area contributed by atoms with E-state index in [9.17, 15) is 4.79 Å². The van der Waals surface area contributed by atoms with Gasteiger partial charge in [-0.15, -0.1) is 0 Å². The van der Waals surface area contributed by atoms with Gasteiger partial charge in [-0.25, -0.2) is 0 Å². The summed E-state index contributed by atoms with van der Waals surface area (Å²) >= 11 is 3.38. The molecule has 0 unspecified atom stereocenters. The Morgan fingerprint density at radius 3 is 2.76 bits per heavy atom. The summed E-state index contributed by atoms with van der Waals surface area (Å²) in [6, 6.07) is 5.70. The molecule has 1 rings (SSSR count). The molecule has 0 saturated heterocycles. The van der Waals surface area contributed by atoms with E-state index in [-0.39, 0.29) is 6.42 Å². The monoisotopic (exact) mass is 300 g/mol. The maximum Gasteiger partial charge on any atom is 0.303 e. The summed E-state index contributed by atoms with van der Waals surface area (Å²) in [5.41, 5.74) is 0.933. The second-order valence-electron chi connectivity index (χ2n) is 4.35. The minimum atomic E-state index is -0.792. The Kier molecular flexibility index (Phi) is 5.48. The molecule has 0 aliphatic rings. The maximum absolute atomic E-state index is 10.6. The third-order valence-corrected chi connectivity index (χ3v) is 2.70. The van der Waals surface area contributed by atoms with E-state index in [2.05, 4.69) is 29.8 Å². The van der Waals surface area contributed by atoms with Crippen molar-refractivity contribution in [2.24, 2.45) is 5.92 Å². The van der Waals surface area contributed by atoms with E-state index in [4.69, 9.17) is 9.84 Å². The topological polar surface area (TPSA) is 46.5 Å². The molecule has 1 N–H and O–H groups in total. The van der Waals surface area contributed by atoms with Crippen LogP contribution in [0.4, 0.5) is 0 Å². The van der Waals surface area contributed by atoms with Gasteiger partial charge in [0.1, 0.15) is 5.75 Å². The van der Waals surface area contributed by atoms with E-state index in [1.165, 1.54) is 0 Å². The Balaban J connectivity index is 2.76. The molecule has 0 radical (unpaired) electrons. The quantitative estimate of drug-likeness (QED) is 0.874. The molecular formula is C13H17BrO3. The van der Waals surface area contributed by atoms with Crippen molar-refractivity contribution >= 4 is 21.9 Å². The Hall–Kier alpha value is -1.03. The fourth-order valence-electron chi connectivity index (χ4n) is 1.38. The lowest BCUT2D eigenvalue weighted by atomic mass is 10.1. The molecule has 0 fully saturated rings. The molecule has 3 nitrogen and oxygen atoms in total. The van der Waals surface area contributed by atoms with Crippen molar-refractivity contribution in [3.05, 3.63) is 28.2 Å². The summed E-state index contributed by atoms with van der Waals surface area (Å²) in [4.78, 5) is 10.6. The van der Waals surface area contributed by atoms with Crippen LogP contribution in [0.25, 0.3) is 0 Å². The average molecular weight is 301 g/mol. The molecular weight excluding hydrogens is 284 g/mol. The Bertz CT molecular complexity index is 388. The van der Waals surface area contributed by atoms with E-state index in [1.54, 1.807) is 0 Å². The normalized spacial score (nSPS) is 10.6. The van der Waals surface area contributed by atoms with Crippen molar-refractivity contribution in [2.75, 3.05) is 6.61 Å². The summed E-state index contributed by atoms with van der Waals surface area (Å²) < 4.78 is 6.61. The zero-order valence-corrected chi connectivity index (χ0v) is 11.7. The number of halogens is 1. The summed E-state index contributed by atoms with van der Waals surface area (Å²) in [6.07, 6.45) is 0.608. The number of rotatable bonds is 6. The van der Waals surface area contributed by atoms with Crippen molar-refractivity contribution in [1.29, 1.82) is 0 Å². The minimum Gasteiger partial charge on any atom is -0.493 e. The van der Waals surface area contributed by atoms with Gasteiger partial charge in [0.15, 0.2) is 0 Å². The second-order valence-corrected chi connectivity index (χ2v) is 5.27. The summed E-state index contributed by atoms with van der Waals surface area (Å²) in [7, 11) is 0. The maximum atomic E-state index is 10.6. The molecule has 0 atom stereocenters. The van der Waals surface area contributed by atoms with E-state index in [0.29, 0.717) is 18.9 Å². The standard InChI is InChI=1S/C13H17BrO3/c1-9(2)8-17-12-5-4-11(14)7-10(12)3-6-13(15)16/h4-5,7,9H,3,6,8H2,1-2H3,(H,15,16). The van der Waals surface area contributed by atoms with Crippen molar-refractivity contribution in [1.82, 2.24) is 0 Å². The molecule has 0 amide bonds. The molecule has 94 valence electrons. The van der Waals surface area contributed by atoms with Crippen molar-refractivity contribution in [3.8, 4) is 5.75 Å². The Labute approximate surface area is 110 Å². The van der Waals surface area contributed by atoms with E-state index in [0.717, 1.165) is 15.8 Å². The zero-order chi connectivity index (χ0) is 12.8. The van der Waals surface area contributed by atoms with E-state index >= 15 is 0 Å². The number of aryl methyl sites for hydroxylation is 1. The fraction of sp³-hybridized carbons (Fsp3) is 0.462. The van der Waals surface area contributed by atoms with Crippen LogP contribution in [0.2, 0.25) is 0 Å². The van der Waals surface area contributed by atoms with Gasteiger partial charge in [0.05, 0.1) is 6.61 Å². The number of carboxylic acids is 1. The molecule has 0 heterocycles. The number of aliphatic carboxylic acids is 1. The molecule has 17 heavy (non-hydrogen) atoms. The van der Waals surface area contributed by atoms with E-state index < -0.39 is 5.97 Å². The van der Waals surface area contributed by atoms with Crippen LogP contribution < -0.4 is 4.74 Å². The predicted octanol–water partition coefficient (Wildman–Crippen LogP) is 3.50. The first kappa shape index (κ1) is 14.0. The third-order valence-electron chi connectivity index (χ3n) is 2.20. The van der Waals surface area contributed by atoms with Gasteiger partial charge in [-0.2, -0.15) is 0 Å². The van der Waals surface area contributed by atoms with Gasteiger partial charge < -0.3 is 9.84 Å². The molecule has 4 heteroatoms. The number of carboxylic acid groups (broad SMARTS) is 1. The van der Waals surface area contributed by atoms with Crippen LogP contribution in [0, 0.1) is 5.92 Å². The lowest BCUT2D eigenvalue weighted by Gasteiger charge is -2.13. The summed E-state index contributed by atoms with van der Waals surface area (Å²) in [5, 5.41) is 8.70. The minimum absolute atomic E-state index is 0.120. The van der Waals surface area contributed by atoms with Crippen molar-refractivity contribution in [2.45, 2.75) is 26.7 Å². The average Bonchev–Trinajstić information content (AvgIpc) is 2.24. The Morgan fingerprint density at radius 2 is 2.18 bits per heavy atom. The molecule has 1 aromatic rings. The summed E-state index contributed by atoms with van der Waals surface area (Å²) in [5.74, 6) is 0.439. The molecule has 1 aromatic carbocycles. The number of benzene rings is 1. The van der Waals surface area contributed by atoms with Gasteiger partial charge in [0.2, 0.25) is 0 Å². The Morgan fingerprint density at radius 1 is 1.47 bits per heavy atom. The molecule has 0 aromatic heterocycles. The van der Waals surface area contributed by atoms with Crippen molar-refractivity contribution < 1.29 is 14.6 Å². The highest BCUT2D eigenvalue weighted by atomic mass is 79.9. The number of carbonyl (C=O) groups is 1. The molecule has 0 aliphatic carbocycles. The van der Waals surface area contributed by atoms with Gasteiger partial charge in [-0.05, 0) is 36.1 Å².